The van der Waals surface area contributed by atoms with Crippen LogP contribution < -0.4 is 5.32 Å². The number of halogens is 1. The Morgan fingerprint density at radius 3 is 2.55 bits per heavy atom. The lowest BCUT2D eigenvalue weighted by Crippen LogP contribution is -2.21. The predicted octanol–water partition coefficient (Wildman–Crippen LogP) is 5.00. The van der Waals surface area contributed by atoms with Gasteiger partial charge in [0.25, 0.3) is 0 Å². The summed E-state index contributed by atoms with van der Waals surface area (Å²) in [5, 5.41) is 22.1. The second-order valence-corrected chi connectivity index (χ2v) is 6.76. The van der Waals surface area contributed by atoms with Crippen molar-refractivity contribution in [3.8, 4) is 23.7 Å². The van der Waals surface area contributed by atoms with E-state index < -0.39 is 5.92 Å². The molecular weight excluding hydrogens is 384 g/mol. The molecular formula is C24H17ClN2O2. The average Bonchev–Trinajstić information content (AvgIpc) is 2.72. The van der Waals surface area contributed by atoms with Gasteiger partial charge in [-0.25, -0.2) is 0 Å². The van der Waals surface area contributed by atoms with Crippen molar-refractivity contribution in [3.05, 3.63) is 94.0 Å². The molecule has 5 heteroatoms. The Morgan fingerprint density at radius 2 is 1.86 bits per heavy atom. The van der Waals surface area contributed by atoms with Gasteiger partial charge in [-0.3, -0.25) is 4.79 Å². The summed E-state index contributed by atoms with van der Waals surface area (Å²) in [7, 11) is 0. The van der Waals surface area contributed by atoms with Gasteiger partial charge in [0.15, 0.2) is 0 Å². The highest BCUT2D eigenvalue weighted by Crippen LogP contribution is 2.28. The first-order chi connectivity index (χ1) is 14.0. The van der Waals surface area contributed by atoms with E-state index in [-0.39, 0.29) is 16.7 Å². The molecule has 1 atom stereocenters. The Hall–Kier alpha value is -3.73. The average molecular weight is 401 g/mol. The van der Waals surface area contributed by atoms with Crippen molar-refractivity contribution in [3.63, 3.8) is 0 Å². The third-order valence-corrected chi connectivity index (χ3v) is 4.72. The van der Waals surface area contributed by atoms with Gasteiger partial charge in [-0.05, 0) is 54.4 Å². The van der Waals surface area contributed by atoms with Crippen LogP contribution in [0, 0.1) is 30.1 Å². The van der Waals surface area contributed by atoms with Crippen molar-refractivity contribution in [1.29, 1.82) is 5.26 Å². The van der Waals surface area contributed by atoms with E-state index >= 15 is 0 Å². The number of nitriles is 1. The second-order valence-electron chi connectivity index (χ2n) is 6.36. The fourth-order valence-electron chi connectivity index (χ4n) is 2.81. The van der Waals surface area contributed by atoms with Gasteiger partial charge in [0.1, 0.15) is 17.7 Å². The molecule has 0 saturated carbocycles. The molecule has 0 aliphatic rings. The lowest BCUT2D eigenvalue weighted by atomic mass is 9.93. The summed E-state index contributed by atoms with van der Waals surface area (Å²) in [4.78, 5) is 13.1. The first-order valence-corrected chi connectivity index (χ1v) is 9.23. The van der Waals surface area contributed by atoms with E-state index in [0.717, 1.165) is 5.56 Å². The summed E-state index contributed by atoms with van der Waals surface area (Å²) in [5.74, 6) is 4.98. The number of phenolic OH excluding ortho intramolecular Hbond substituents is 1. The van der Waals surface area contributed by atoms with Gasteiger partial charge in [-0.15, -0.1) is 0 Å². The number of amides is 1. The summed E-state index contributed by atoms with van der Waals surface area (Å²) in [6.45, 7) is 1.74. The Balaban J connectivity index is 1.97. The highest BCUT2D eigenvalue weighted by molar-refractivity contribution is 6.32. The van der Waals surface area contributed by atoms with Crippen LogP contribution in [0.3, 0.4) is 0 Å². The number of hydrogen-bond donors (Lipinski definition) is 2. The quantitative estimate of drug-likeness (QED) is 0.607. The van der Waals surface area contributed by atoms with E-state index in [0.29, 0.717) is 22.4 Å². The minimum absolute atomic E-state index is 0.100. The van der Waals surface area contributed by atoms with Gasteiger partial charge in [-0.2, -0.15) is 5.26 Å². The van der Waals surface area contributed by atoms with Crippen LogP contribution in [0.2, 0.25) is 5.02 Å². The number of nitrogens with zero attached hydrogens (tertiary/aromatic N) is 1. The molecule has 3 rings (SSSR count). The summed E-state index contributed by atoms with van der Waals surface area (Å²) in [5.41, 5.74) is 2.78. The topological polar surface area (TPSA) is 73.1 Å². The van der Waals surface area contributed by atoms with Crippen LogP contribution in [0.15, 0.2) is 66.7 Å². The molecule has 0 aliphatic carbocycles. The second kappa shape index (κ2) is 8.97. The first kappa shape index (κ1) is 20.0. The summed E-state index contributed by atoms with van der Waals surface area (Å²) >= 11 is 6.06. The molecule has 4 nitrogen and oxygen atoms in total. The minimum Gasteiger partial charge on any atom is -0.508 e. The molecule has 0 radical (unpaired) electrons. The van der Waals surface area contributed by atoms with Gasteiger partial charge in [-0.1, -0.05) is 53.8 Å². The number of nitrogens with one attached hydrogen (secondary N) is 1. The molecule has 3 aromatic carbocycles. The van der Waals surface area contributed by atoms with E-state index in [1.54, 1.807) is 37.3 Å². The molecule has 0 bridgehead atoms. The molecule has 0 spiro atoms. The number of benzene rings is 3. The first-order valence-electron chi connectivity index (χ1n) is 8.85. The molecule has 29 heavy (non-hydrogen) atoms. The standard InChI is InChI=1S/C24H17ClN2O2/c1-16-20(8-5-9-23(16)28)21(13-10-17-6-3-2-4-7-17)24(29)27-19-12-11-18(15-26)22(25)14-19/h2-9,11-12,14,21,28H,1H3,(H,27,29). The van der Waals surface area contributed by atoms with Crippen LogP contribution in [0.25, 0.3) is 0 Å². The maximum Gasteiger partial charge on any atom is 0.244 e. The lowest BCUT2D eigenvalue weighted by Gasteiger charge is -2.15. The maximum atomic E-state index is 13.1. The van der Waals surface area contributed by atoms with Gasteiger partial charge in [0.2, 0.25) is 5.91 Å². The van der Waals surface area contributed by atoms with Crippen LogP contribution in [0.1, 0.15) is 28.2 Å². The largest absolute Gasteiger partial charge is 0.508 e. The van der Waals surface area contributed by atoms with Crippen molar-refractivity contribution in [2.45, 2.75) is 12.8 Å². The number of hydrogen-bond acceptors (Lipinski definition) is 3. The molecule has 0 aromatic heterocycles. The zero-order chi connectivity index (χ0) is 20.8. The van der Waals surface area contributed by atoms with Crippen LogP contribution in [0.4, 0.5) is 5.69 Å². The molecule has 3 aromatic rings. The lowest BCUT2D eigenvalue weighted by molar-refractivity contribution is -0.116. The molecule has 0 heterocycles. The normalized spacial score (nSPS) is 10.9. The van der Waals surface area contributed by atoms with Gasteiger partial charge < -0.3 is 10.4 Å². The van der Waals surface area contributed by atoms with E-state index in [1.165, 1.54) is 6.07 Å². The molecule has 142 valence electrons. The summed E-state index contributed by atoms with van der Waals surface area (Å²) in [6, 6.07) is 21.0. The van der Waals surface area contributed by atoms with Crippen molar-refractivity contribution < 1.29 is 9.90 Å². The third kappa shape index (κ3) is 4.76. The number of rotatable bonds is 3. The molecule has 1 unspecified atom stereocenters. The Labute approximate surface area is 174 Å². The van der Waals surface area contributed by atoms with Gasteiger partial charge >= 0.3 is 0 Å². The Kier molecular flexibility index (Phi) is 6.19. The number of aromatic hydroxyl groups is 1. The van der Waals surface area contributed by atoms with Crippen LogP contribution in [0.5, 0.6) is 5.75 Å². The predicted molar refractivity (Wildman–Crippen MR) is 114 cm³/mol. The number of carbonyl (C=O) groups excluding carboxylic acids is 1. The minimum atomic E-state index is -0.809. The highest BCUT2D eigenvalue weighted by atomic mass is 35.5. The maximum absolute atomic E-state index is 13.1. The fraction of sp³-hybridized carbons (Fsp3) is 0.0833. The summed E-state index contributed by atoms with van der Waals surface area (Å²) < 4.78 is 0. The SMILES string of the molecule is Cc1c(O)cccc1C(C#Cc1ccccc1)C(=O)Nc1ccc(C#N)c(Cl)c1. The monoisotopic (exact) mass is 400 g/mol. The fourth-order valence-corrected chi connectivity index (χ4v) is 3.04. The number of carbonyl (C=O) groups is 1. The molecule has 0 fully saturated rings. The van der Waals surface area contributed by atoms with Crippen molar-refractivity contribution in [2.75, 3.05) is 5.32 Å². The highest BCUT2D eigenvalue weighted by Gasteiger charge is 2.22. The van der Waals surface area contributed by atoms with Gasteiger partial charge in [0.05, 0.1) is 10.6 Å². The zero-order valence-corrected chi connectivity index (χ0v) is 16.4. The Bertz CT molecular complexity index is 1150. The van der Waals surface area contributed by atoms with Crippen LogP contribution >= 0.6 is 11.6 Å². The molecule has 2 N–H and O–H groups in total. The molecule has 0 saturated heterocycles. The van der Waals surface area contributed by atoms with E-state index in [9.17, 15) is 9.90 Å². The third-order valence-electron chi connectivity index (χ3n) is 4.41. The van der Waals surface area contributed by atoms with Crippen LogP contribution in [-0.2, 0) is 4.79 Å². The van der Waals surface area contributed by atoms with Gasteiger partial charge in [0, 0.05) is 11.3 Å². The molecule has 0 aliphatic heterocycles. The molecule has 1 amide bonds. The Morgan fingerprint density at radius 1 is 1.10 bits per heavy atom. The van der Waals surface area contributed by atoms with E-state index in [1.807, 2.05) is 36.4 Å². The van der Waals surface area contributed by atoms with E-state index in [4.69, 9.17) is 16.9 Å². The van der Waals surface area contributed by atoms with Crippen LogP contribution in [-0.4, -0.2) is 11.0 Å². The number of anilines is 1. The summed E-state index contributed by atoms with van der Waals surface area (Å²) in [6.07, 6.45) is 0. The van der Waals surface area contributed by atoms with Crippen molar-refractivity contribution >= 4 is 23.2 Å². The van der Waals surface area contributed by atoms with E-state index in [2.05, 4.69) is 17.2 Å². The van der Waals surface area contributed by atoms with Crippen molar-refractivity contribution in [2.24, 2.45) is 0 Å². The zero-order valence-electron chi connectivity index (χ0n) is 15.6. The number of phenols is 1. The smallest absolute Gasteiger partial charge is 0.244 e. The van der Waals surface area contributed by atoms with Crippen molar-refractivity contribution in [1.82, 2.24) is 0 Å².